The molecule has 0 aliphatic carbocycles. The van der Waals surface area contributed by atoms with E-state index in [4.69, 9.17) is 0 Å². The summed E-state index contributed by atoms with van der Waals surface area (Å²) in [5.41, 5.74) is 0. The second-order valence-electron chi connectivity index (χ2n) is 3.38. The molecule has 2 heterocycles. The van der Waals surface area contributed by atoms with Gasteiger partial charge in [-0.2, -0.15) is 5.10 Å². The zero-order valence-electron chi connectivity index (χ0n) is 8.66. The van der Waals surface area contributed by atoms with Crippen molar-refractivity contribution in [2.75, 3.05) is 11.4 Å². The Bertz CT molecular complexity index is 411. The summed E-state index contributed by atoms with van der Waals surface area (Å²) in [6, 6.07) is 0. The summed E-state index contributed by atoms with van der Waals surface area (Å²) in [6.07, 6.45) is 3.29. The van der Waals surface area contributed by atoms with Gasteiger partial charge in [-0.05, 0) is 0 Å². The topological polar surface area (TPSA) is 76.1 Å². The lowest BCUT2D eigenvalue weighted by Gasteiger charge is -2.12. The molecule has 1 aromatic rings. The van der Waals surface area contributed by atoms with Crippen molar-refractivity contribution in [2.45, 2.75) is 18.6 Å². The zero-order valence-corrected chi connectivity index (χ0v) is 9.48. The van der Waals surface area contributed by atoms with Crippen LogP contribution in [0.5, 0.6) is 0 Å². The van der Waals surface area contributed by atoms with Crippen LogP contribution in [0, 0.1) is 0 Å². The van der Waals surface area contributed by atoms with E-state index in [1.807, 2.05) is 0 Å². The van der Waals surface area contributed by atoms with Gasteiger partial charge in [0.2, 0.25) is 5.91 Å². The molecular formula is C9H10N4O2S. The molecule has 0 saturated carbocycles. The molecule has 0 spiro atoms. The molecule has 1 amide bonds. The highest BCUT2D eigenvalue weighted by molar-refractivity contribution is 8.14. The van der Waals surface area contributed by atoms with Crippen LogP contribution in [0.25, 0.3) is 0 Å². The van der Waals surface area contributed by atoms with Crippen molar-refractivity contribution in [1.29, 1.82) is 0 Å². The first-order valence-electron chi connectivity index (χ1n) is 4.78. The lowest BCUT2D eigenvalue weighted by Crippen LogP contribution is -2.27. The average Bonchev–Trinajstić information content (AvgIpc) is 2.60. The fourth-order valence-corrected chi connectivity index (χ4v) is 2.47. The van der Waals surface area contributed by atoms with Crippen LogP contribution in [0.1, 0.15) is 13.3 Å². The van der Waals surface area contributed by atoms with Crippen LogP contribution in [0.4, 0.5) is 5.95 Å². The number of nitrogens with zero attached hydrogens (tertiary/aromatic N) is 4. The van der Waals surface area contributed by atoms with E-state index in [0.717, 1.165) is 0 Å². The standard InChI is InChI=1S/C9H10N4O2S/c1-6(14)16-7-4-8(15)13(5-7)9-10-2-3-11-12-9/h2-3,7H,4-5H2,1H3. The molecule has 2 rings (SSSR count). The van der Waals surface area contributed by atoms with Crippen LogP contribution >= 0.6 is 11.8 Å². The van der Waals surface area contributed by atoms with Crippen molar-refractivity contribution < 1.29 is 9.59 Å². The highest BCUT2D eigenvalue weighted by Gasteiger charge is 2.33. The summed E-state index contributed by atoms with van der Waals surface area (Å²) < 4.78 is 0. The van der Waals surface area contributed by atoms with E-state index in [1.54, 1.807) is 0 Å². The summed E-state index contributed by atoms with van der Waals surface area (Å²) >= 11 is 1.19. The maximum atomic E-state index is 11.7. The van der Waals surface area contributed by atoms with Gasteiger partial charge in [-0.3, -0.25) is 14.5 Å². The second-order valence-corrected chi connectivity index (χ2v) is 4.86. The fraction of sp³-hybridized carbons (Fsp3) is 0.444. The summed E-state index contributed by atoms with van der Waals surface area (Å²) in [5.74, 6) is 0.242. The third-order valence-electron chi connectivity index (χ3n) is 2.13. The van der Waals surface area contributed by atoms with E-state index >= 15 is 0 Å². The van der Waals surface area contributed by atoms with Gasteiger partial charge in [-0.15, -0.1) is 5.10 Å². The van der Waals surface area contributed by atoms with Gasteiger partial charge in [0, 0.05) is 25.1 Å². The Labute approximate surface area is 96.4 Å². The van der Waals surface area contributed by atoms with Crippen molar-refractivity contribution in [2.24, 2.45) is 0 Å². The number of thioether (sulfide) groups is 1. The number of carbonyl (C=O) groups excluding carboxylic acids is 2. The van der Waals surface area contributed by atoms with Gasteiger partial charge in [-0.1, -0.05) is 11.8 Å². The Morgan fingerprint density at radius 2 is 2.38 bits per heavy atom. The number of anilines is 1. The minimum atomic E-state index is -0.0632. The molecular weight excluding hydrogens is 228 g/mol. The highest BCUT2D eigenvalue weighted by atomic mass is 32.2. The lowest BCUT2D eigenvalue weighted by molar-refractivity contribution is -0.117. The smallest absolute Gasteiger partial charge is 0.252 e. The Hall–Kier alpha value is -1.50. The van der Waals surface area contributed by atoms with Crippen molar-refractivity contribution in [3.63, 3.8) is 0 Å². The van der Waals surface area contributed by atoms with Crippen LogP contribution in [0.3, 0.4) is 0 Å². The quantitative estimate of drug-likeness (QED) is 0.735. The van der Waals surface area contributed by atoms with E-state index in [1.165, 1.54) is 36.0 Å². The Balaban J connectivity index is 2.08. The molecule has 0 bridgehead atoms. The molecule has 0 N–H and O–H groups in total. The SMILES string of the molecule is CC(=O)SC1CC(=O)N(c2nccnn2)C1. The van der Waals surface area contributed by atoms with Crippen LogP contribution in [-0.4, -0.2) is 38.0 Å². The molecule has 84 valence electrons. The van der Waals surface area contributed by atoms with Crippen molar-refractivity contribution in [1.82, 2.24) is 15.2 Å². The van der Waals surface area contributed by atoms with E-state index in [-0.39, 0.29) is 16.3 Å². The summed E-state index contributed by atoms with van der Waals surface area (Å²) in [4.78, 5) is 28.0. The van der Waals surface area contributed by atoms with Gasteiger partial charge >= 0.3 is 0 Å². The molecule has 0 aromatic carbocycles. The molecule has 1 aliphatic heterocycles. The Morgan fingerprint density at radius 3 is 3.00 bits per heavy atom. The first-order chi connectivity index (χ1) is 7.66. The number of aromatic nitrogens is 3. The Kier molecular flexibility index (Phi) is 3.14. The van der Waals surface area contributed by atoms with E-state index in [9.17, 15) is 9.59 Å². The molecule has 1 saturated heterocycles. The minimum absolute atomic E-state index is 0.00574. The first kappa shape index (κ1) is 11.0. The molecule has 1 aliphatic rings. The maximum absolute atomic E-state index is 11.7. The molecule has 1 aromatic heterocycles. The molecule has 7 heteroatoms. The van der Waals surface area contributed by atoms with Gasteiger partial charge in [0.15, 0.2) is 5.12 Å². The maximum Gasteiger partial charge on any atom is 0.252 e. The van der Waals surface area contributed by atoms with Crippen molar-refractivity contribution in [3.05, 3.63) is 12.4 Å². The third-order valence-corrected chi connectivity index (χ3v) is 3.12. The largest absolute Gasteiger partial charge is 0.288 e. The van der Waals surface area contributed by atoms with Crippen LogP contribution in [0.2, 0.25) is 0 Å². The van der Waals surface area contributed by atoms with E-state index in [2.05, 4.69) is 15.2 Å². The Morgan fingerprint density at radius 1 is 1.56 bits per heavy atom. The van der Waals surface area contributed by atoms with Crippen molar-refractivity contribution in [3.8, 4) is 0 Å². The molecule has 1 unspecified atom stereocenters. The lowest BCUT2D eigenvalue weighted by atomic mass is 10.4. The third kappa shape index (κ3) is 2.35. The van der Waals surface area contributed by atoms with E-state index < -0.39 is 0 Å². The van der Waals surface area contributed by atoms with Crippen LogP contribution in [0.15, 0.2) is 12.4 Å². The fourth-order valence-electron chi connectivity index (χ4n) is 1.55. The number of carbonyl (C=O) groups is 2. The monoisotopic (exact) mass is 238 g/mol. The van der Waals surface area contributed by atoms with Gasteiger partial charge in [-0.25, -0.2) is 4.98 Å². The van der Waals surface area contributed by atoms with Crippen molar-refractivity contribution >= 4 is 28.7 Å². The molecule has 1 fully saturated rings. The predicted octanol–water partition coefficient (Wildman–Crippen LogP) is 0.257. The number of hydrogen-bond acceptors (Lipinski definition) is 6. The number of hydrogen-bond donors (Lipinski definition) is 0. The number of amides is 1. The second kappa shape index (κ2) is 4.56. The number of rotatable bonds is 2. The normalized spacial score (nSPS) is 20.2. The zero-order chi connectivity index (χ0) is 11.5. The highest BCUT2D eigenvalue weighted by Crippen LogP contribution is 2.26. The van der Waals surface area contributed by atoms with Gasteiger partial charge in [0.25, 0.3) is 5.95 Å². The van der Waals surface area contributed by atoms with Crippen LogP contribution < -0.4 is 4.90 Å². The summed E-state index contributed by atoms with van der Waals surface area (Å²) in [6.45, 7) is 1.97. The predicted molar refractivity (Wildman–Crippen MR) is 58.9 cm³/mol. The minimum Gasteiger partial charge on any atom is -0.288 e. The average molecular weight is 238 g/mol. The first-order valence-corrected chi connectivity index (χ1v) is 5.66. The van der Waals surface area contributed by atoms with Gasteiger partial charge in [0.05, 0.1) is 12.4 Å². The molecule has 0 radical (unpaired) electrons. The summed E-state index contributed by atoms with van der Waals surface area (Å²) in [7, 11) is 0. The molecule has 6 nitrogen and oxygen atoms in total. The summed E-state index contributed by atoms with van der Waals surface area (Å²) in [5, 5.41) is 7.46. The van der Waals surface area contributed by atoms with Gasteiger partial charge < -0.3 is 0 Å². The van der Waals surface area contributed by atoms with Crippen LogP contribution in [-0.2, 0) is 9.59 Å². The van der Waals surface area contributed by atoms with Gasteiger partial charge in [0.1, 0.15) is 0 Å². The van der Waals surface area contributed by atoms with E-state index in [0.29, 0.717) is 18.9 Å². The molecule has 16 heavy (non-hydrogen) atoms. The molecule has 1 atom stereocenters.